The second kappa shape index (κ2) is 9.87. The number of sulfonamides is 1. The van der Waals surface area contributed by atoms with Crippen molar-refractivity contribution in [2.24, 2.45) is 0 Å². The minimum absolute atomic E-state index is 0.0119. The van der Waals surface area contributed by atoms with Crippen LogP contribution < -0.4 is 9.46 Å². The number of methoxy groups -OCH3 is 1. The lowest BCUT2D eigenvalue weighted by atomic mass is 10.1. The molecule has 0 bridgehead atoms. The maximum absolute atomic E-state index is 12.5. The van der Waals surface area contributed by atoms with Gasteiger partial charge in [0.15, 0.2) is 0 Å². The lowest BCUT2D eigenvalue weighted by Gasteiger charge is -2.33. The third-order valence-electron chi connectivity index (χ3n) is 4.82. The molecule has 0 aromatic heterocycles. The van der Waals surface area contributed by atoms with Crippen LogP contribution in [-0.2, 0) is 19.6 Å². The highest BCUT2D eigenvalue weighted by Gasteiger charge is 2.25. The highest BCUT2D eigenvalue weighted by molar-refractivity contribution is 7.89. The van der Waals surface area contributed by atoms with Crippen LogP contribution in [0.15, 0.2) is 59.5 Å². The van der Waals surface area contributed by atoms with Gasteiger partial charge in [0, 0.05) is 19.5 Å². The Labute approximate surface area is 171 Å². The summed E-state index contributed by atoms with van der Waals surface area (Å²) < 4.78 is 38.0. The fraction of sp³-hybridized carbons (Fsp3) is 0.381. The Hall–Kier alpha value is -2.42. The van der Waals surface area contributed by atoms with Crippen LogP contribution in [0.4, 0.5) is 0 Å². The zero-order chi connectivity index (χ0) is 20.7. The zero-order valence-corrected chi connectivity index (χ0v) is 17.2. The minimum atomic E-state index is -3.60. The fourth-order valence-corrected chi connectivity index (χ4v) is 4.26. The Morgan fingerprint density at radius 1 is 1.17 bits per heavy atom. The summed E-state index contributed by atoms with van der Waals surface area (Å²) in [5.41, 5.74) is 1.05. The highest BCUT2D eigenvalue weighted by atomic mass is 32.2. The van der Waals surface area contributed by atoms with Crippen LogP contribution >= 0.6 is 0 Å². The Morgan fingerprint density at radius 2 is 1.90 bits per heavy atom. The Kier molecular flexibility index (Phi) is 7.24. The second-order valence-electron chi connectivity index (χ2n) is 6.79. The van der Waals surface area contributed by atoms with Crippen LogP contribution in [0, 0.1) is 0 Å². The average Bonchev–Trinajstić information content (AvgIpc) is 2.77. The number of benzene rings is 2. The number of ether oxygens (including phenoxy) is 2. The Balaban J connectivity index is 1.45. The molecule has 29 heavy (non-hydrogen) atoms. The van der Waals surface area contributed by atoms with Gasteiger partial charge < -0.3 is 14.4 Å². The van der Waals surface area contributed by atoms with Crippen LogP contribution in [0.3, 0.4) is 0 Å². The number of amides is 1. The van der Waals surface area contributed by atoms with Crippen LogP contribution in [0.5, 0.6) is 5.75 Å². The zero-order valence-electron chi connectivity index (χ0n) is 16.4. The topological polar surface area (TPSA) is 84.9 Å². The van der Waals surface area contributed by atoms with E-state index in [4.69, 9.17) is 9.47 Å². The number of carbonyl (C=O) groups excluding carboxylic acids is 1. The van der Waals surface area contributed by atoms with E-state index in [0.29, 0.717) is 31.9 Å². The van der Waals surface area contributed by atoms with Crippen molar-refractivity contribution in [1.29, 1.82) is 0 Å². The monoisotopic (exact) mass is 418 g/mol. The number of nitrogens with one attached hydrogen (secondary N) is 1. The third kappa shape index (κ3) is 5.79. The van der Waals surface area contributed by atoms with Gasteiger partial charge in [0.05, 0.1) is 25.2 Å². The summed E-state index contributed by atoms with van der Waals surface area (Å²) in [5, 5.41) is 0. The molecule has 2 aromatic carbocycles. The van der Waals surface area contributed by atoms with Crippen molar-refractivity contribution >= 4 is 15.9 Å². The quantitative estimate of drug-likeness (QED) is 0.665. The first-order chi connectivity index (χ1) is 14.0. The molecule has 156 valence electrons. The van der Waals surface area contributed by atoms with Crippen molar-refractivity contribution in [3.8, 4) is 5.75 Å². The minimum Gasteiger partial charge on any atom is -0.497 e. The molecule has 1 saturated heterocycles. The summed E-state index contributed by atoms with van der Waals surface area (Å²) in [6, 6.07) is 16.0. The molecule has 1 N–H and O–H groups in total. The van der Waals surface area contributed by atoms with Crippen molar-refractivity contribution in [3.05, 3.63) is 60.2 Å². The maximum Gasteiger partial charge on any atom is 0.240 e. The van der Waals surface area contributed by atoms with Gasteiger partial charge in [0.2, 0.25) is 15.9 Å². The van der Waals surface area contributed by atoms with E-state index in [1.54, 1.807) is 17.0 Å². The van der Waals surface area contributed by atoms with Gasteiger partial charge in [-0.2, -0.15) is 0 Å². The lowest BCUT2D eigenvalue weighted by molar-refractivity contribution is -0.139. The number of hydrogen-bond acceptors (Lipinski definition) is 5. The number of rotatable bonds is 8. The van der Waals surface area contributed by atoms with E-state index in [0.717, 1.165) is 5.56 Å². The van der Waals surface area contributed by atoms with Gasteiger partial charge in [-0.15, -0.1) is 0 Å². The van der Waals surface area contributed by atoms with E-state index < -0.39 is 10.0 Å². The molecule has 1 heterocycles. The number of hydrogen-bond donors (Lipinski definition) is 1. The van der Waals surface area contributed by atoms with E-state index in [9.17, 15) is 13.2 Å². The molecule has 0 saturated carbocycles. The Bertz CT molecular complexity index is 900. The normalized spacial score (nSPS) is 17.1. The molecule has 0 radical (unpaired) electrons. The SMILES string of the molecule is COc1ccc(S(=O)(=O)NCCCC(=O)N2CCOC(c3ccccc3)C2)cc1. The smallest absolute Gasteiger partial charge is 0.240 e. The largest absolute Gasteiger partial charge is 0.497 e. The predicted octanol–water partition coefficient (Wildman–Crippen LogP) is 2.35. The summed E-state index contributed by atoms with van der Waals surface area (Å²) in [6.07, 6.45) is 0.594. The van der Waals surface area contributed by atoms with Gasteiger partial charge in [-0.25, -0.2) is 13.1 Å². The highest BCUT2D eigenvalue weighted by Crippen LogP contribution is 2.22. The van der Waals surface area contributed by atoms with Crippen LogP contribution in [0.1, 0.15) is 24.5 Å². The maximum atomic E-state index is 12.5. The summed E-state index contributed by atoms with van der Waals surface area (Å²) in [5.74, 6) is 0.603. The van der Waals surface area contributed by atoms with Crippen molar-refractivity contribution < 1.29 is 22.7 Å². The first kappa shape index (κ1) is 21.3. The van der Waals surface area contributed by atoms with Gasteiger partial charge in [0.1, 0.15) is 11.9 Å². The molecule has 0 spiro atoms. The molecule has 1 atom stereocenters. The van der Waals surface area contributed by atoms with Gasteiger partial charge in [-0.1, -0.05) is 30.3 Å². The van der Waals surface area contributed by atoms with Crippen molar-refractivity contribution in [2.75, 3.05) is 33.4 Å². The molecule has 1 amide bonds. The molecule has 1 fully saturated rings. The lowest BCUT2D eigenvalue weighted by Crippen LogP contribution is -2.42. The first-order valence-electron chi connectivity index (χ1n) is 9.57. The van der Waals surface area contributed by atoms with E-state index in [-0.39, 0.29) is 29.9 Å². The van der Waals surface area contributed by atoms with Crippen molar-refractivity contribution in [2.45, 2.75) is 23.8 Å². The molecule has 1 unspecified atom stereocenters. The number of morpholine rings is 1. The summed E-state index contributed by atoms with van der Waals surface area (Å²) in [4.78, 5) is 14.5. The average molecular weight is 419 g/mol. The molecule has 2 aromatic rings. The van der Waals surface area contributed by atoms with Crippen LogP contribution in [0.2, 0.25) is 0 Å². The first-order valence-corrected chi connectivity index (χ1v) is 11.1. The van der Waals surface area contributed by atoms with Gasteiger partial charge in [-0.05, 0) is 36.2 Å². The molecular weight excluding hydrogens is 392 g/mol. The van der Waals surface area contributed by atoms with Gasteiger partial charge >= 0.3 is 0 Å². The summed E-state index contributed by atoms with van der Waals surface area (Å²) >= 11 is 0. The summed E-state index contributed by atoms with van der Waals surface area (Å²) in [7, 11) is -2.08. The van der Waals surface area contributed by atoms with Crippen molar-refractivity contribution in [3.63, 3.8) is 0 Å². The molecule has 8 heteroatoms. The Morgan fingerprint density at radius 3 is 2.59 bits per heavy atom. The van der Waals surface area contributed by atoms with Gasteiger partial charge in [0.25, 0.3) is 0 Å². The van der Waals surface area contributed by atoms with E-state index in [1.165, 1.54) is 19.2 Å². The predicted molar refractivity (Wildman–Crippen MR) is 109 cm³/mol. The molecule has 7 nitrogen and oxygen atoms in total. The standard InChI is InChI=1S/C21H26N2O5S/c1-27-18-9-11-19(12-10-18)29(25,26)22-13-5-8-21(24)23-14-15-28-20(16-23)17-6-3-2-4-7-17/h2-4,6-7,9-12,20,22H,5,8,13-16H2,1H3. The van der Waals surface area contributed by atoms with E-state index in [2.05, 4.69) is 4.72 Å². The third-order valence-corrected chi connectivity index (χ3v) is 6.30. The number of nitrogens with zero attached hydrogens (tertiary/aromatic N) is 1. The van der Waals surface area contributed by atoms with Crippen LogP contribution in [-0.4, -0.2) is 52.6 Å². The second-order valence-corrected chi connectivity index (χ2v) is 8.55. The van der Waals surface area contributed by atoms with Gasteiger partial charge in [-0.3, -0.25) is 4.79 Å². The fourth-order valence-electron chi connectivity index (χ4n) is 3.19. The molecule has 1 aliphatic rings. The molecule has 3 rings (SSSR count). The number of carbonyl (C=O) groups is 1. The molecule has 1 aliphatic heterocycles. The summed E-state index contributed by atoms with van der Waals surface area (Å²) in [6.45, 7) is 1.77. The molecular formula is C21H26N2O5S. The van der Waals surface area contributed by atoms with Crippen molar-refractivity contribution in [1.82, 2.24) is 9.62 Å². The molecule has 0 aliphatic carbocycles. The van der Waals surface area contributed by atoms with Crippen LogP contribution in [0.25, 0.3) is 0 Å². The van der Waals surface area contributed by atoms with E-state index >= 15 is 0 Å². The van der Waals surface area contributed by atoms with E-state index in [1.807, 2.05) is 30.3 Å².